The SMILES string of the molecule is CCO[Si](Cc1ccc(CCCBr)cc1)(OCC)OCC.CO[Si](CCc1ccc(CCl)cc1)(OC)OC. The van der Waals surface area contributed by atoms with Gasteiger partial charge in [0.1, 0.15) is 0 Å². The first-order valence-electron chi connectivity index (χ1n) is 13.2. The van der Waals surface area contributed by atoms with Crippen LogP contribution in [0.25, 0.3) is 0 Å². The molecule has 0 N–H and O–H groups in total. The van der Waals surface area contributed by atoms with Crippen molar-refractivity contribution < 1.29 is 26.6 Å². The van der Waals surface area contributed by atoms with Gasteiger partial charge in [0, 0.05) is 64.4 Å². The van der Waals surface area contributed by atoms with Gasteiger partial charge in [-0.1, -0.05) is 64.5 Å². The molecule has 2 aromatic carbocycles. The molecule has 0 aliphatic carbocycles. The molecule has 0 spiro atoms. The molecular weight excluding hydrogens is 604 g/mol. The van der Waals surface area contributed by atoms with E-state index in [0.717, 1.165) is 42.2 Å². The molecule has 2 rings (SSSR count). The summed E-state index contributed by atoms with van der Waals surface area (Å²) >= 11 is 9.21. The lowest BCUT2D eigenvalue weighted by molar-refractivity contribution is 0.0704. The molecule has 6 nitrogen and oxygen atoms in total. The zero-order chi connectivity index (χ0) is 28.3. The van der Waals surface area contributed by atoms with E-state index in [1.54, 1.807) is 21.3 Å². The standard InChI is InChI=1S/C16H27BrO3Si.C12H19ClO3Si/c1-4-18-21(19-5-2,20-6-3)14-16-11-9-15(10-12-16)8-7-13-17;1-14-17(15-2,16-3)9-8-11-4-6-12(10-13)7-5-11/h9-12H,4-8,13-14H2,1-3H3;4-7H,8-10H2,1-3H3. The van der Waals surface area contributed by atoms with Gasteiger partial charge in [-0.2, -0.15) is 0 Å². The van der Waals surface area contributed by atoms with Crippen LogP contribution in [0.2, 0.25) is 6.04 Å². The van der Waals surface area contributed by atoms with Gasteiger partial charge in [0.25, 0.3) is 0 Å². The van der Waals surface area contributed by atoms with Crippen molar-refractivity contribution in [3.63, 3.8) is 0 Å². The third kappa shape index (κ3) is 12.7. The first-order valence-corrected chi connectivity index (χ1v) is 18.8. The number of hydrogen-bond acceptors (Lipinski definition) is 6. The van der Waals surface area contributed by atoms with Gasteiger partial charge in [-0.15, -0.1) is 11.6 Å². The van der Waals surface area contributed by atoms with E-state index in [1.165, 1.54) is 16.7 Å². The highest BCUT2D eigenvalue weighted by Gasteiger charge is 2.40. The molecule has 0 aliphatic rings. The second-order valence-electron chi connectivity index (χ2n) is 8.51. The molecule has 0 heterocycles. The highest BCUT2D eigenvalue weighted by Crippen LogP contribution is 2.19. The Morgan fingerprint density at radius 2 is 1.05 bits per heavy atom. The van der Waals surface area contributed by atoms with Crippen molar-refractivity contribution in [1.82, 2.24) is 0 Å². The van der Waals surface area contributed by atoms with Gasteiger partial charge in [0.2, 0.25) is 0 Å². The van der Waals surface area contributed by atoms with Crippen LogP contribution in [-0.4, -0.2) is 64.1 Å². The molecule has 38 heavy (non-hydrogen) atoms. The van der Waals surface area contributed by atoms with Crippen LogP contribution in [0.4, 0.5) is 0 Å². The van der Waals surface area contributed by atoms with E-state index >= 15 is 0 Å². The number of aryl methyl sites for hydroxylation is 2. The smallest absolute Gasteiger partial charge is 0.377 e. The largest absolute Gasteiger partial charge is 0.505 e. The van der Waals surface area contributed by atoms with E-state index in [-0.39, 0.29) is 0 Å². The number of halogens is 2. The van der Waals surface area contributed by atoms with E-state index in [4.69, 9.17) is 38.2 Å². The maximum Gasteiger partial charge on any atom is 0.505 e. The van der Waals surface area contributed by atoms with Gasteiger partial charge in [-0.05, 0) is 62.3 Å². The minimum absolute atomic E-state index is 0.549. The summed E-state index contributed by atoms with van der Waals surface area (Å²) in [6, 6.07) is 18.5. The van der Waals surface area contributed by atoms with Crippen LogP contribution in [0.5, 0.6) is 0 Å². The van der Waals surface area contributed by atoms with Crippen molar-refractivity contribution in [3.05, 3.63) is 70.8 Å². The maximum absolute atomic E-state index is 5.90. The van der Waals surface area contributed by atoms with E-state index in [2.05, 4.69) is 52.3 Å². The van der Waals surface area contributed by atoms with Gasteiger partial charge >= 0.3 is 17.6 Å². The lowest BCUT2D eigenvalue weighted by atomic mass is 10.1. The highest BCUT2D eigenvalue weighted by molar-refractivity contribution is 9.09. The van der Waals surface area contributed by atoms with Crippen molar-refractivity contribution in [2.75, 3.05) is 46.5 Å². The van der Waals surface area contributed by atoms with Crippen LogP contribution in [-0.2, 0) is 51.3 Å². The summed E-state index contributed by atoms with van der Waals surface area (Å²) in [4.78, 5) is 0. The molecule has 0 aliphatic heterocycles. The van der Waals surface area contributed by atoms with Crippen molar-refractivity contribution in [3.8, 4) is 0 Å². The molecule has 0 amide bonds. The summed E-state index contributed by atoms with van der Waals surface area (Å²) in [7, 11) is -0.131. The van der Waals surface area contributed by atoms with Crippen LogP contribution in [0.3, 0.4) is 0 Å². The second kappa shape index (κ2) is 20.3. The Labute approximate surface area is 246 Å². The number of benzene rings is 2. The topological polar surface area (TPSA) is 55.4 Å². The van der Waals surface area contributed by atoms with Gasteiger partial charge in [0.05, 0.1) is 0 Å². The Hall–Kier alpha value is -0.596. The second-order valence-corrected chi connectivity index (χ2v) is 15.3. The summed E-state index contributed by atoms with van der Waals surface area (Å²) in [6.07, 6.45) is 3.15. The van der Waals surface area contributed by atoms with Gasteiger partial charge in [0.15, 0.2) is 0 Å². The number of hydrogen-bond donors (Lipinski definition) is 0. The van der Waals surface area contributed by atoms with Gasteiger partial charge in [-0.3, -0.25) is 0 Å². The Bertz CT molecular complexity index is 828. The van der Waals surface area contributed by atoms with Crippen molar-refractivity contribution in [2.45, 2.75) is 58.0 Å². The fourth-order valence-corrected chi connectivity index (χ4v) is 8.71. The van der Waals surface area contributed by atoms with Crippen LogP contribution in [0, 0.1) is 0 Å². The van der Waals surface area contributed by atoms with E-state index in [9.17, 15) is 0 Å². The van der Waals surface area contributed by atoms with Crippen molar-refractivity contribution in [2.24, 2.45) is 0 Å². The van der Waals surface area contributed by atoms with Gasteiger partial charge in [-0.25, -0.2) is 0 Å². The van der Waals surface area contributed by atoms with Crippen LogP contribution in [0.1, 0.15) is 49.4 Å². The zero-order valence-corrected chi connectivity index (χ0v) is 28.2. The quantitative estimate of drug-likeness (QED) is 0.128. The Morgan fingerprint density at radius 3 is 1.45 bits per heavy atom. The molecule has 0 aromatic heterocycles. The van der Waals surface area contributed by atoms with Crippen LogP contribution < -0.4 is 0 Å². The lowest BCUT2D eigenvalue weighted by Gasteiger charge is -2.28. The predicted octanol–water partition coefficient (Wildman–Crippen LogP) is 6.99. The summed E-state index contributed by atoms with van der Waals surface area (Å²) in [5.41, 5.74) is 4.96. The zero-order valence-electron chi connectivity index (χ0n) is 23.9. The van der Waals surface area contributed by atoms with E-state index in [0.29, 0.717) is 25.7 Å². The average Bonchev–Trinajstić information content (AvgIpc) is 2.95. The summed E-state index contributed by atoms with van der Waals surface area (Å²) in [5.74, 6) is 0.549. The van der Waals surface area contributed by atoms with Gasteiger partial charge < -0.3 is 26.6 Å². The minimum atomic E-state index is -2.59. The van der Waals surface area contributed by atoms with E-state index in [1.807, 2.05) is 32.9 Å². The fourth-order valence-electron chi connectivity index (χ4n) is 3.93. The number of alkyl halides is 2. The average molecular weight is 650 g/mol. The number of rotatable bonds is 18. The van der Waals surface area contributed by atoms with Crippen LogP contribution in [0.15, 0.2) is 48.5 Å². The van der Waals surface area contributed by atoms with E-state index < -0.39 is 17.6 Å². The molecular formula is C28H46BrClO6Si2. The summed E-state index contributed by atoms with van der Waals surface area (Å²) < 4.78 is 33.8. The minimum Gasteiger partial charge on any atom is -0.377 e. The Kier molecular flexibility index (Phi) is 18.9. The molecule has 0 fully saturated rings. The maximum atomic E-state index is 5.90. The normalized spacial score (nSPS) is 11.8. The van der Waals surface area contributed by atoms with Crippen LogP contribution >= 0.6 is 27.5 Å². The molecule has 0 radical (unpaired) electrons. The lowest BCUT2D eigenvalue weighted by Crippen LogP contribution is -2.48. The molecule has 0 bridgehead atoms. The monoisotopic (exact) mass is 648 g/mol. The highest BCUT2D eigenvalue weighted by atomic mass is 79.9. The molecule has 0 saturated heterocycles. The molecule has 0 atom stereocenters. The molecule has 0 saturated carbocycles. The molecule has 216 valence electrons. The molecule has 0 unspecified atom stereocenters. The summed E-state index contributed by atoms with van der Waals surface area (Å²) in [6.45, 7) is 7.83. The Morgan fingerprint density at radius 1 is 0.632 bits per heavy atom. The molecule has 10 heteroatoms. The molecule has 2 aromatic rings. The first kappa shape index (κ1) is 35.4. The third-order valence-electron chi connectivity index (χ3n) is 5.97. The fraction of sp³-hybridized carbons (Fsp3) is 0.571. The predicted molar refractivity (Wildman–Crippen MR) is 164 cm³/mol. The third-order valence-corrected chi connectivity index (χ3v) is 12.6. The summed E-state index contributed by atoms with van der Waals surface area (Å²) in [5, 5.41) is 1.05. The van der Waals surface area contributed by atoms with Crippen molar-refractivity contribution in [1.29, 1.82) is 0 Å². The Balaban J connectivity index is 0.000000389. The van der Waals surface area contributed by atoms with Crippen molar-refractivity contribution >= 4 is 45.1 Å². The first-order chi connectivity index (χ1) is 18.4.